The highest BCUT2D eigenvalue weighted by atomic mass is 16.4. The molecule has 0 atom stereocenters. The lowest BCUT2D eigenvalue weighted by Gasteiger charge is -1.78. The molecule has 2 bridgehead atoms. The molecule has 0 unspecified atom stereocenters. The Morgan fingerprint density at radius 2 is 1.57 bits per heavy atom. The molecule has 0 heterocycles. The Bertz CT molecular complexity index is 277. The van der Waals surface area contributed by atoms with Crippen molar-refractivity contribution in [3.05, 3.63) is 35.5 Å². The summed E-state index contributed by atoms with van der Waals surface area (Å²) in [5, 5.41) is 12.1. The Kier molecular flexibility index (Phi) is 5.98. The highest BCUT2D eigenvalue weighted by Gasteiger charge is 2.19. The van der Waals surface area contributed by atoms with Crippen molar-refractivity contribution in [2.45, 2.75) is 0 Å². The topological polar surface area (TPSA) is 61.7 Å². The zero-order chi connectivity index (χ0) is 11.0. The quantitative estimate of drug-likeness (QED) is 0.342. The van der Waals surface area contributed by atoms with Crippen molar-refractivity contribution in [2.75, 3.05) is 14.1 Å². The molecule has 0 saturated carbocycles. The molecule has 2 aliphatic rings. The molecular weight excluding hydrogens is 180 g/mol. The lowest BCUT2D eigenvalue weighted by molar-refractivity contribution is -0.111. The maximum absolute atomic E-state index is 10.8. The first-order valence-electron chi connectivity index (χ1n) is 4.04. The Balaban J connectivity index is 0.000000242. The van der Waals surface area contributed by atoms with Crippen LogP contribution in [0.3, 0.4) is 0 Å². The van der Waals surface area contributed by atoms with Crippen LogP contribution in [0, 0.1) is 0 Å². The molecule has 4 heteroatoms. The highest BCUT2D eigenvalue weighted by molar-refractivity contribution is 6.17. The van der Waals surface area contributed by atoms with Gasteiger partial charge in [-0.2, -0.15) is 0 Å². The minimum atomic E-state index is 0.185. The summed E-state index contributed by atoms with van der Waals surface area (Å²) >= 11 is 0. The molecule has 14 heavy (non-hydrogen) atoms. The van der Waals surface area contributed by atoms with Gasteiger partial charge >= 0.3 is 0 Å². The maximum Gasteiger partial charge on any atom is 0.193 e. The summed E-state index contributed by atoms with van der Waals surface area (Å²) in [6.45, 7) is 2.67. The molecule has 0 fully saturated rings. The molecular formula is C10H14N2O2. The first kappa shape index (κ1) is 12.3. The molecule has 76 valence electrons. The molecule has 0 aromatic rings. The number of carbonyl (C=O) groups excluding carboxylic acids is 1. The first-order valence-corrected chi connectivity index (χ1v) is 4.04. The van der Waals surface area contributed by atoms with Gasteiger partial charge in [-0.1, -0.05) is 24.3 Å². The molecule has 2 N–H and O–H groups in total. The van der Waals surface area contributed by atoms with E-state index in [2.05, 4.69) is 17.2 Å². The van der Waals surface area contributed by atoms with E-state index in [9.17, 15) is 4.79 Å². The van der Waals surface area contributed by atoms with Gasteiger partial charge in [0.15, 0.2) is 5.78 Å². The second-order valence-electron chi connectivity index (χ2n) is 2.55. The summed E-state index contributed by atoms with van der Waals surface area (Å²) in [6, 6.07) is 0. The molecule has 2 aliphatic carbocycles. The van der Waals surface area contributed by atoms with Gasteiger partial charge in [0.1, 0.15) is 0 Å². The van der Waals surface area contributed by atoms with Crippen molar-refractivity contribution in [1.82, 2.24) is 5.32 Å². The van der Waals surface area contributed by atoms with E-state index in [4.69, 9.17) is 5.21 Å². The summed E-state index contributed by atoms with van der Waals surface area (Å²) in [7, 11) is 3.75. The molecule has 0 aromatic carbocycles. The zero-order valence-electron chi connectivity index (χ0n) is 8.32. The van der Waals surface area contributed by atoms with Crippen molar-refractivity contribution >= 4 is 12.5 Å². The second-order valence-corrected chi connectivity index (χ2v) is 2.55. The van der Waals surface area contributed by atoms with Gasteiger partial charge in [0, 0.05) is 17.9 Å². The van der Waals surface area contributed by atoms with Crippen LogP contribution in [0.25, 0.3) is 0 Å². The van der Waals surface area contributed by atoms with Gasteiger partial charge in [0.2, 0.25) is 0 Å². The number of nitrogens with one attached hydrogen (secondary N) is 1. The number of ketones is 1. The standard InChI is InChI=1S/C7H4O.C2H7N.CH3NO/c8-7-5-1-2-6(7)4-3-5;1-3-2;1-2-3/h1-4H;3H,1-2H3;3H,1H2. The van der Waals surface area contributed by atoms with Crippen molar-refractivity contribution in [3.63, 3.8) is 0 Å². The number of allylic oxidation sites excluding steroid dienone is 6. The van der Waals surface area contributed by atoms with Crippen LogP contribution in [-0.4, -0.2) is 31.8 Å². The van der Waals surface area contributed by atoms with Crippen molar-refractivity contribution in [2.24, 2.45) is 5.16 Å². The fourth-order valence-corrected chi connectivity index (χ4v) is 0.940. The third kappa shape index (κ3) is 3.37. The zero-order valence-corrected chi connectivity index (χ0v) is 8.32. The van der Waals surface area contributed by atoms with E-state index in [1.54, 1.807) is 0 Å². The predicted octanol–water partition coefficient (Wildman–Crippen LogP) is 0.903. The Hall–Kier alpha value is -1.68. The van der Waals surface area contributed by atoms with E-state index in [-0.39, 0.29) is 5.78 Å². The molecule has 0 radical (unpaired) electrons. The molecule has 0 spiro atoms. The van der Waals surface area contributed by atoms with Gasteiger partial charge in [-0.25, -0.2) is 0 Å². The molecule has 0 amide bonds. The number of oxime groups is 1. The van der Waals surface area contributed by atoms with Crippen LogP contribution >= 0.6 is 0 Å². The third-order valence-electron chi connectivity index (χ3n) is 1.41. The number of nitrogens with zero attached hydrogens (tertiary/aromatic N) is 1. The largest absolute Gasteiger partial charge is 0.411 e. The van der Waals surface area contributed by atoms with Crippen LogP contribution in [0.15, 0.2) is 40.6 Å². The number of hydrogen-bond acceptors (Lipinski definition) is 4. The van der Waals surface area contributed by atoms with Crippen LogP contribution in [0.2, 0.25) is 0 Å². The third-order valence-corrected chi connectivity index (χ3v) is 1.41. The van der Waals surface area contributed by atoms with E-state index in [0.717, 1.165) is 11.1 Å². The summed E-state index contributed by atoms with van der Waals surface area (Å²) in [4.78, 5) is 10.8. The van der Waals surface area contributed by atoms with E-state index in [0.29, 0.717) is 0 Å². The van der Waals surface area contributed by atoms with Gasteiger partial charge in [-0.05, 0) is 14.1 Å². The fraction of sp³-hybridized carbons (Fsp3) is 0.200. The predicted molar refractivity (Wildman–Crippen MR) is 56.6 cm³/mol. The van der Waals surface area contributed by atoms with Crippen LogP contribution < -0.4 is 5.32 Å². The van der Waals surface area contributed by atoms with Gasteiger partial charge in [0.05, 0.1) is 0 Å². The van der Waals surface area contributed by atoms with Crippen LogP contribution in [0.1, 0.15) is 0 Å². The smallest absolute Gasteiger partial charge is 0.193 e. The number of rotatable bonds is 0. The number of Topliss-reactive ketones (excluding diaryl/α,β-unsaturated/α-hetero) is 1. The van der Waals surface area contributed by atoms with Crippen LogP contribution in [0.5, 0.6) is 0 Å². The fourth-order valence-electron chi connectivity index (χ4n) is 0.940. The summed E-state index contributed by atoms with van der Waals surface area (Å²) in [6.07, 6.45) is 7.38. The highest BCUT2D eigenvalue weighted by Crippen LogP contribution is 2.23. The molecule has 2 rings (SSSR count). The molecule has 4 nitrogen and oxygen atoms in total. The number of fused-ring (bicyclic) bond motifs is 2. The minimum Gasteiger partial charge on any atom is -0.411 e. The summed E-state index contributed by atoms with van der Waals surface area (Å²) < 4.78 is 0. The molecule has 0 saturated heterocycles. The monoisotopic (exact) mass is 194 g/mol. The molecule has 0 aromatic heterocycles. The van der Waals surface area contributed by atoms with E-state index in [1.807, 2.05) is 38.4 Å². The van der Waals surface area contributed by atoms with Gasteiger partial charge in [-0.15, -0.1) is 5.16 Å². The summed E-state index contributed by atoms with van der Waals surface area (Å²) in [5.74, 6) is 0.185. The van der Waals surface area contributed by atoms with Crippen LogP contribution in [-0.2, 0) is 4.79 Å². The van der Waals surface area contributed by atoms with Gasteiger partial charge in [0.25, 0.3) is 0 Å². The average Bonchev–Trinajstić information content (AvgIpc) is 2.67. The Morgan fingerprint density at radius 1 is 1.29 bits per heavy atom. The summed E-state index contributed by atoms with van der Waals surface area (Å²) in [5.41, 5.74) is 1.67. The molecule has 0 aliphatic heterocycles. The SMILES string of the molecule is C=NO.CNC.O=C1C2=CC=C1C=C2. The lowest BCUT2D eigenvalue weighted by Crippen LogP contribution is -1.89. The maximum atomic E-state index is 10.8. The van der Waals surface area contributed by atoms with Gasteiger partial charge < -0.3 is 10.5 Å². The Morgan fingerprint density at radius 3 is 1.64 bits per heavy atom. The lowest BCUT2D eigenvalue weighted by atomic mass is 10.2. The van der Waals surface area contributed by atoms with Crippen molar-refractivity contribution in [1.29, 1.82) is 0 Å². The first-order chi connectivity index (χ1) is 6.71. The van der Waals surface area contributed by atoms with Crippen LogP contribution in [0.4, 0.5) is 0 Å². The number of carbonyl (C=O) groups is 1. The van der Waals surface area contributed by atoms with E-state index >= 15 is 0 Å². The van der Waals surface area contributed by atoms with Crippen molar-refractivity contribution < 1.29 is 10.0 Å². The van der Waals surface area contributed by atoms with Crippen molar-refractivity contribution in [3.8, 4) is 0 Å². The second kappa shape index (κ2) is 6.80. The van der Waals surface area contributed by atoms with E-state index < -0.39 is 0 Å². The van der Waals surface area contributed by atoms with Gasteiger partial charge in [-0.3, -0.25) is 4.79 Å². The normalized spacial score (nSPS) is 14.6. The average molecular weight is 194 g/mol. The Labute approximate surface area is 83.3 Å². The number of hydrogen-bond donors (Lipinski definition) is 2. The van der Waals surface area contributed by atoms with E-state index in [1.165, 1.54) is 0 Å². The minimum absolute atomic E-state index is 0.185.